The number of benzene rings is 3. The van der Waals surface area contributed by atoms with E-state index in [4.69, 9.17) is 4.74 Å². The lowest BCUT2D eigenvalue weighted by Crippen LogP contribution is -2.38. The Morgan fingerprint density at radius 2 is 1.89 bits per heavy atom. The minimum absolute atomic E-state index is 0.114. The molecule has 3 aromatic carbocycles. The van der Waals surface area contributed by atoms with Gasteiger partial charge in [-0.25, -0.2) is 4.79 Å². The lowest BCUT2D eigenvalue weighted by Gasteiger charge is -2.29. The number of allylic oxidation sites excluding steroid dienone is 1. The Morgan fingerprint density at radius 1 is 1.08 bits per heavy atom. The van der Waals surface area contributed by atoms with Gasteiger partial charge >= 0.3 is 12.2 Å². The van der Waals surface area contributed by atoms with Crippen molar-refractivity contribution in [1.82, 2.24) is 4.90 Å². The van der Waals surface area contributed by atoms with Crippen molar-refractivity contribution in [2.24, 2.45) is 0 Å². The first-order chi connectivity index (χ1) is 17.8. The average molecular weight is 508 g/mol. The summed E-state index contributed by atoms with van der Waals surface area (Å²) in [6.07, 6.45) is -2.03. The fourth-order valence-corrected chi connectivity index (χ4v) is 4.46. The number of hydrogen-bond acceptors (Lipinski definition) is 3. The highest BCUT2D eigenvalue weighted by Gasteiger charge is 2.32. The van der Waals surface area contributed by atoms with E-state index in [2.05, 4.69) is 10.6 Å². The molecule has 3 amide bonds. The van der Waals surface area contributed by atoms with E-state index in [1.807, 2.05) is 36.4 Å². The van der Waals surface area contributed by atoms with Crippen LogP contribution in [0.4, 0.5) is 29.3 Å². The molecule has 5 rings (SSSR count). The third-order valence-corrected chi connectivity index (χ3v) is 6.29. The van der Waals surface area contributed by atoms with E-state index >= 15 is 0 Å². The van der Waals surface area contributed by atoms with Crippen LogP contribution in [0.15, 0.2) is 72.8 Å². The number of carbonyl (C=O) groups excluding carboxylic acids is 2. The van der Waals surface area contributed by atoms with Gasteiger partial charge in [-0.15, -0.1) is 0 Å². The summed E-state index contributed by atoms with van der Waals surface area (Å²) in [7, 11) is 0. The van der Waals surface area contributed by atoms with Crippen molar-refractivity contribution in [2.45, 2.75) is 32.1 Å². The molecule has 0 saturated heterocycles. The van der Waals surface area contributed by atoms with Crippen LogP contribution in [0.25, 0.3) is 5.57 Å². The molecular formula is C28H24F3N3O3. The first-order valence-electron chi connectivity index (χ1n) is 11.8. The van der Waals surface area contributed by atoms with Crippen molar-refractivity contribution in [2.75, 3.05) is 17.2 Å². The molecule has 2 heterocycles. The lowest BCUT2D eigenvalue weighted by atomic mass is 9.99. The molecule has 37 heavy (non-hydrogen) atoms. The number of ether oxygens (including phenoxy) is 1. The van der Waals surface area contributed by atoms with Crippen molar-refractivity contribution in [1.29, 1.82) is 0 Å². The Kier molecular flexibility index (Phi) is 6.60. The van der Waals surface area contributed by atoms with E-state index in [1.165, 1.54) is 12.1 Å². The Balaban J connectivity index is 1.30. The molecule has 2 aliphatic rings. The summed E-state index contributed by atoms with van der Waals surface area (Å²) in [6, 6.07) is 18.1. The third-order valence-electron chi connectivity index (χ3n) is 6.29. The molecule has 2 N–H and O–H groups in total. The van der Waals surface area contributed by atoms with Crippen LogP contribution in [-0.4, -0.2) is 23.4 Å². The molecule has 0 aromatic heterocycles. The number of anilines is 2. The molecule has 0 atom stereocenters. The number of fused-ring (bicyclic) bond motifs is 2. The summed E-state index contributed by atoms with van der Waals surface area (Å²) >= 11 is 0. The topological polar surface area (TPSA) is 70.7 Å². The molecule has 3 aromatic rings. The Hall–Kier alpha value is -4.27. The zero-order chi connectivity index (χ0) is 26.0. The highest BCUT2D eigenvalue weighted by atomic mass is 19.4. The highest BCUT2D eigenvalue weighted by molar-refractivity contribution is 6.05. The van der Waals surface area contributed by atoms with Crippen molar-refractivity contribution in [3.8, 4) is 5.75 Å². The van der Waals surface area contributed by atoms with Crippen LogP contribution in [0.1, 0.15) is 35.1 Å². The summed E-state index contributed by atoms with van der Waals surface area (Å²) in [4.78, 5) is 27.1. The van der Waals surface area contributed by atoms with Crippen molar-refractivity contribution in [3.63, 3.8) is 0 Å². The van der Waals surface area contributed by atoms with Gasteiger partial charge < -0.3 is 20.3 Å². The molecular weight excluding hydrogens is 483 g/mol. The predicted octanol–water partition coefficient (Wildman–Crippen LogP) is 6.45. The third kappa shape index (κ3) is 5.61. The molecule has 190 valence electrons. The average Bonchev–Trinajstić information content (AvgIpc) is 3.06. The lowest BCUT2D eigenvalue weighted by molar-refractivity contribution is -0.137. The molecule has 0 unspecified atom stereocenters. The van der Waals surface area contributed by atoms with Gasteiger partial charge in [0.1, 0.15) is 5.75 Å². The summed E-state index contributed by atoms with van der Waals surface area (Å²) in [5, 5.41) is 5.67. The van der Waals surface area contributed by atoms with Gasteiger partial charge in [0.25, 0.3) is 0 Å². The maximum absolute atomic E-state index is 13.1. The van der Waals surface area contributed by atoms with Crippen LogP contribution in [0.2, 0.25) is 0 Å². The smallest absolute Gasteiger partial charge is 0.416 e. The van der Waals surface area contributed by atoms with Gasteiger partial charge in [-0.1, -0.05) is 42.5 Å². The Morgan fingerprint density at radius 3 is 2.68 bits per heavy atom. The quantitative estimate of drug-likeness (QED) is 0.399. The first kappa shape index (κ1) is 24.4. The monoisotopic (exact) mass is 507 g/mol. The number of amides is 3. The molecule has 0 bridgehead atoms. The molecule has 2 aliphatic heterocycles. The van der Waals surface area contributed by atoms with Gasteiger partial charge in [0.15, 0.2) is 0 Å². The molecule has 6 nitrogen and oxygen atoms in total. The van der Waals surface area contributed by atoms with Gasteiger partial charge in [-0.2, -0.15) is 13.2 Å². The van der Waals surface area contributed by atoms with Crippen LogP contribution >= 0.6 is 0 Å². The number of hydrogen-bond donors (Lipinski definition) is 2. The van der Waals surface area contributed by atoms with E-state index in [0.717, 1.165) is 23.3 Å². The molecule has 0 fully saturated rings. The molecule has 0 aliphatic carbocycles. The van der Waals surface area contributed by atoms with Crippen molar-refractivity contribution < 1.29 is 27.5 Å². The van der Waals surface area contributed by atoms with Crippen molar-refractivity contribution >= 4 is 28.9 Å². The van der Waals surface area contributed by atoms with E-state index in [9.17, 15) is 22.8 Å². The van der Waals surface area contributed by atoms with E-state index in [0.29, 0.717) is 48.4 Å². The zero-order valence-electron chi connectivity index (χ0n) is 19.8. The van der Waals surface area contributed by atoms with Crippen LogP contribution < -0.4 is 15.4 Å². The van der Waals surface area contributed by atoms with E-state index in [-0.39, 0.29) is 18.4 Å². The second kappa shape index (κ2) is 10.0. The number of halogens is 3. The maximum Gasteiger partial charge on any atom is 0.416 e. The van der Waals surface area contributed by atoms with Crippen LogP contribution in [0, 0.1) is 0 Å². The Labute approximate surface area is 211 Å². The summed E-state index contributed by atoms with van der Waals surface area (Å²) in [6.45, 7) is 1.18. The summed E-state index contributed by atoms with van der Waals surface area (Å²) in [5.74, 6) is -0.307. The summed E-state index contributed by atoms with van der Waals surface area (Å²) < 4.78 is 44.8. The number of carbonyl (C=O) groups is 2. The van der Waals surface area contributed by atoms with Crippen LogP contribution in [0.5, 0.6) is 5.75 Å². The highest BCUT2D eigenvalue weighted by Crippen LogP contribution is 2.38. The van der Waals surface area contributed by atoms with E-state index < -0.39 is 17.6 Å². The normalized spacial score (nSPS) is 16.2. The zero-order valence-corrected chi connectivity index (χ0v) is 19.8. The number of rotatable bonds is 4. The van der Waals surface area contributed by atoms with Gasteiger partial charge in [-0.05, 0) is 53.8 Å². The minimum atomic E-state index is -4.48. The SMILES string of the molecule is O=C(C=C1CCCOc2cc(C(F)(F)F)ccc21)Nc1ccc2c(c1)NC(=O)N(Cc1ccccc1)C2. The maximum atomic E-state index is 13.1. The van der Waals surface area contributed by atoms with Gasteiger partial charge in [0, 0.05) is 36.1 Å². The second-order valence-corrected chi connectivity index (χ2v) is 8.96. The molecule has 0 radical (unpaired) electrons. The Bertz CT molecular complexity index is 1370. The van der Waals surface area contributed by atoms with Gasteiger partial charge in [-0.3, -0.25) is 4.79 Å². The number of alkyl halides is 3. The first-order valence-corrected chi connectivity index (χ1v) is 11.8. The fraction of sp³-hybridized carbons (Fsp3) is 0.214. The van der Waals surface area contributed by atoms with Crippen LogP contribution in [0.3, 0.4) is 0 Å². The second-order valence-electron chi connectivity index (χ2n) is 8.96. The minimum Gasteiger partial charge on any atom is -0.493 e. The molecule has 0 spiro atoms. The standard InChI is InChI=1S/C28H24F3N3O3/c29-28(30,31)21-9-11-23-19(7-4-12-37-25(23)14-21)13-26(35)32-22-10-8-20-17-34(27(36)33-24(20)15-22)16-18-5-2-1-3-6-18/h1-3,5-6,8-11,13-15H,4,7,12,16-17H2,(H,32,35)(H,33,36). The number of nitrogens with one attached hydrogen (secondary N) is 2. The predicted molar refractivity (Wildman–Crippen MR) is 134 cm³/mol. The largest absolute Gasteiger partial charge is 0.493 e. The molecule has 0 saturated carbocycles. The number of urea groups is 1. The summed E-state index contributed by atoms with van der Waals surface area (Å²) in [5.41, 5.74) is 3.33. The van der Waals surface area contributed by atoms with Gasteiger partial charge in [0.2, 0.25) is 5.91 Å². The van der Waals surface area contributed by atoms with Crippen LogP contribution in [-0.2, 0) is 24.1 Å². The molecule has 9 heteroatoms. The van der Waals surface area contributed by atoms with E-state index in [1.54, 1.807) is 17.0 Å². The van der Waals surface area contributed by atoms with Gasteiger partial charge in [0.05, 0.1) is 12.2 Å². The van der Waals surface area contributed by atoms with Crippen molar-refractivity contribution in [3.05, 3.63) is 95.1 Å². The number of nitrogens with zero attached hydrogens (tertiary/aromatic N) is 1. The fourth-order valence-electron chi connectivity index (χ4n) is 4.46.